The number of ether oxygens (including phenoxy) is 1. The van der Waals surface area contributed by atoms with Gasteiger partial charge in [0.25, 0.3) is 0 Å². The van der Waals surface area contributed by atoms with Gasteiger partial charge in [-0.2, -0.15) is 5.10 Å². The molecule has 1 aromatic heterocycles. The standard InChI is InChI=1S/C21H20ClN3O2/c1-14-2-7-19-18(10-14)21-16(13-27-19)11-24-25(21)12-20(26)23-9-8-15-3-5-17(22)6-4-15/h2-7,10-11H,8-9,12-13H2,1H3,(H,23,26). The molecule has 0 unspecified atom stereocenters. The maximum Gasteiger partial charge on any atom is 0.241 e. The Hall–Kier alpha value is -2.79. The van der Waals surface area contributed by atoms with Gasteiger partial charge in [0.15, 0.2) is 0 Å². The second-order valence-corrected chi connectivity index (χ2v) is 7.13. The number of hydrogen-bond donors (Lipinski definition) is 1. The van der Waals surface area contributed by atoms with E-state index >= 15 is 0 Å². The van der Waals surface area contributed by atoms with E-state index in [0.717, 1.165) is 40.1 Å². The number of nitrogens with zero attached hydrogens (tertiary/aromatic N) is 2. The highest BCUT2D eigenvalue weighted by Crippen LogP contribution is 2.37. The molecule has 1 aliphatic rings. The molecule has 1 N–H and O–H groups in total. The van der Waals surface area contributed by atoms with Crippen LogP contribution in [0.2, 0.25) is 5.02 Å². The summed E-state index contributed by atoms with van der Waals surface area (Å²) in [7, 11) is 0. The molecule has 0 bridgehead atoms. The van der Waals surface area contributed by atoms with Crippen molar-refractivity contribution in [2.75, 3.05) is 6.54 Å². The number of hydrogen-bond acceptors (Lipinski definition) is 3. The molecule has 2 aromatic carbocycles. The summed E-state index contributed by atoms with van der Waals surface area (Å²) in [5.41, 5.74) is 5.24. The number of rotatable bonds is 5. The van der Waals surface area contributed by atoms with E-state index < -0.39 is 0 Å². The lowest BCUT2D eigenvalue weighted by molar-refractivity contribution is -0.121. The van der Waals surface area contributed by atoms with Gasteiger partial charge in [0.2, 0.25) is 5.91 Å². The Morgan fingerprint density at radius 2 is 2.07 bits per heavy atom. The molecule has 0 saturated carbocycles. The first-order valence-corrected chi connectivity index (χ1v) is 9.27. The molecule has 6 heteroatoms. The van der Waals surface area contributed by atoms with Crippen LogP contribution in [0.4, 0.5) is 0 Å². The summed E-state index contributed by atoms with van der Waals surface area (Å²) in [6.45, 7) is 3.27. The zero-order valence-electron chi connectivity index (χ0n) is 15.0. The Morgan fingerprint density at radius 3 is 2.89 bits per heavy atom. The van der Waals surface area contributed by atoms with E-state index in [1.165, 1.54) is 0 Å². The van der Waals surface area contributed by atoms with Gasteiger partial charge in [-0.15, -0.1) is 0 Å². The zero-order chi connectivity index (χ0) is 18.8. The zero-order valence-corrected chi connectivity index (χ0v) is 15.8. The van der Waals surface area contributed by atoms with Gasteiger partial charge < -0.3 is 10.1 Å². The smallest absolute Gasteiger partial charge is 0.241 e. The first kappa shape index (κ1) is 17.6. The number of nitrogens with one attached hydrogen (secondary N) is 1. The lowest BCUT2D eigenvalue weighted by Crippen LogP contribution is -2.30. The van der Waals surface area contributed by atoms with E-state index in [4.69, 9.17) is 16.3 Å². The average molecular weight is 382 g/mol. The maximum absolute atomic E-state index is 12.4. The van der Waals surface area contributed by atoms with Crippen LogP contribution >= 0.6 is 11.6 Å². The minimum atomic E-state index is -0.0597. The highest BCUT2D eigenvalue weighted by molar-refractivity contribution is 6.30. The van der Waals surface area contributed by atoms with Gasteiger partial charge in [-0.25, -0.2) is 0 Å². The van der Waals surface area contributed by atoms with E-state index in [9.17, 15) is 4.79 Å². The van der Waals surface area contributed by atoms with Crippen molar-refractivity contribution in [1.29, 1.82) is 0 Å². The molecular formula is C21H20ClN3O2. The van der Waals surface area contributed by atoms with Crippen molar-refractivity contribution in [2.24, 2.45) is 0 Å². The minimum Gasteiger partial charge on any atom is -0.488 e. The summed E-state index contributed by atoms with van der Waals surface area (Å²) >= 11 is 5.89. The van der Waals surface area contributed by atoms with Crippen LogP contribution in [0, 0.1) is 6.92 Å². The first-order chi connectivity index (χ1) is 13.1. The number of carbonyl (C=O) groups excluding carboxylic acids is 1. The van der Waals surface area contributed by atoms with Crippen molar-refractivity contribution < 1.29 is 9.53 Å². The minimum absolute atomic E-state index is 0.0597. The van der Waals surface area contributed by atoms with Crippen LogP contribution in [0.5, 0.6) is 5.75 Å². The number of aryl methyl sites for hydroxylation is 1. The summed E-state index contributed by atoms with van der Waals surface area (Å²) in [6.07, 6.45) is 2.54. The molecule has 138 valence electrons. The maximum atomic E-state index is 12.4. The Labute approximate surface area is 162 Å². The molecule has 4 rings (SSSR count). The van der Waals surface area contributed by atoms with Gasteiger partial charge in [0.1, 0.15) is 18.9 Å². The summed E-state index contributed by atoms with van der Waals surface area (Å²) in [5, 5.41) is 8.08. The monoisotopic (exact) mass is 381 g/mol. The molecule has 0 aliphatic carbocycles. The topological polar surface area (TPSA) is 56.2 Å². The molecule has 0 saturated heterocycles. The predicted octanol–water partition coefficient (Wildman–Crippen LogP) is 3.76. The Morgan fingerprint density at radius 1 is 1.26 bits per heavy atom. The Balaban J connectivity index is 1.43. The van der Waals surface area contributed by atoms with E-state index in [1.54, 1.807) is 10.9 Å². The molecule has 3 aromatic rings. The number of carbonyl (C=O) groups is 1. The SMILES string of the molecule is Cc1ccc2c(c1)-c1c(cnn1CC(=O)NCCc1ccc(Cl)cc1)CO2. The number of fused-ring (bicyclic) bond motifs is 3. The van der Waals surface area contributed by atoms with Crippen LogP contribution in [0.25, 0.3) is 11.3 Å². The number of benzene rings is 2. The fourth-order valence-corrected chi connectivity index (χ4v) is 3.39. The average Bonchev–Trinajstić information content (AvgIpc) is 3.06. The molecular weight excluding hydrogens is 362 g/mol. The van der Waals surface area contributed by atoms with E-state index in [-0.39, 0.29) is 12.5 Å². The molecule has 0 radical (unpaired) electrons. The molecule has 5 nitrogen and oxygen atoms in total. The number of amides is 1. The van der Waals surface area contributed by atoms with Crippen molar-refractivity contribution in [3.63, 3.8) is 0 Å². The Kier molecular flexibility index (Phi) is 4.86. The van der Waals surface area contributed by atoms with Crippen LogP contribution in [0.1, 0.15) is 16.7 Å². The third-order valence-corrected chi connectivity index (χ3v) is 4.88. The highest BCUT2D eigenvalue weighted by Gasteiger charge is 2.23. The van der Waals surface area contributed by atoms with E-state index in [0.29, 0.717) is 18.2 Å². The normalized spacial score (nSPS) is 12.1. The molecule has 0 fully saturated rings. The van der Waals surface area contributed by atoms with Crippen molar-refractivity contribution in [2.45, 2.75) is 26.5 Å². The lowest BCUT2D eigenvalue weighted by atomic mass is 10.0. The van der Waals surface area contributed by atoms with Gasteiger partial charge in [-0.05, 0) is 43.2 Å². The fraction of sp³-hybridized carbons (Fsp3) is 0.238. The third-order valence-electron chi connectivity index (χ3n) is 4.63. The van der Waals surface area contributed by atoms with Crippen molar-refractivity contribution >= 4 is 17.5 Å². The van der Waals surface area contributed by atoms with Crippen LogP contribution in [-0.4, -0.2) is 22.2 Å². The summed E-state index contributed by atoms with van der Waals surface area (Å²) in [5.74, 6) is 0.772. The lowest BCUT2D eigenvalue weighted by Gasteiger charge is -2.19. The molecule has 1 aliphatic heterocycles. The van der Waals surface area contributed by atoms with Gasteiger partial charge in [-0.3, -0.25) is 9.48 Å². The largest absolute Gasteiger partial charge is 0.488 e. The van der Waals surface area contributed by atoms with Crippen molar-refractivity contribution in [1.82, 2.24) is 15.1 Å². The first-order valence-electron chi connectivity index (χ1n) is 8.90. The predicted molar refractivity (Wildman–Crippen MR) is 105 cm³/mol. The van der Waals surface area contributed by atoms with Gasteiger partial charge in [-0.1, -0.05) is 35.4 Å². The fourth-order valence-electron chi connectivity index (χ4n) is 3.26. The van der Waals surface area contributed by atoms with Crippen LogP contribution in [0.3, 0.4) is 0 Å². The van der Waals surface area contributed by atoms with Crippen molar-refractivity contribution in [3.05, 3.63) is 70.4 Å². The quantitative estimate of drug-likeness (QED) is 0.732. The van der Waals surface area contributed by atoms with Crippen LogP contribution in [0.15, 0.2) is 48.7 Å². The number of aromatic nitrogens is 2. The second kappa shape index (κ2) is 7.45. The summed E-state index contributed by atoms with van der Waals surface area (Å²) < 4.78 is 7.54. The van der Waals surface area contributed by atoms with Gasteiger partial charge >= 0.3 is 0 Å². The highest BCUT2D eigenvalue weighted by atomic mass is 35.5. The summed E-state index contributed by atoms with van der Waals surface area (Å²) in [6, 6.07) is 13.7. The third kappa shape index (κ3) is 3.83. The van der Waals surface area contributed by atoms with Gasteiger partial charge in [0.05, 0.1) is 11.9 Å². The second-order valence-electron chi connectivity index (χ2n) is 6.69. The molecule has 0 atom stereocenters. The summed E-state index contributed by atoms with van der Waals surface area (Å²) in [4.78, 5) is 12.4. The Bertz CT molecular complexity index is 980. The number of halogens is 1. The molecule has 1 amide bonds. The molecule has 2 heterocycles. The van der Waals surface area contributed by atoms with Crippen LogP contribution < -0.4 is 10.1 Å². The van der Waals surface area contributed by atoms with Crippen molar-refractivity contribution in [3.8, 4) is 17.0 Å². The van der Waals surface area contributed by atoms with Crippen LogP contribution in [-0.2, 0) is 24.4 Å². The van der Waals surface area contributed by atoms with E-state index in [2.05, 4.69) is 16.5 Å². The molecule has 27 heavy (non-hydrogen) atoms. The molecule has 0 spiro atoms. The van der Waals surface area contributed by atoms with Gasteiger partial charge in [0, 0.05) is 22.7 Å². The van der Waals surface area contributed by atoms with E-state index in [1.807, 2.05) is 43.3 Å².